The molecule has 0 spiro atoms. The van der Waals surface area contributed by atoms with Crippen molar-refractivity contribution < 1.29 is 4.74 Å². The first-order valence-electron chi connectivity index (χ1n) is 7.60. The number of hydrogen-bond acceptors (Lipinski definition) is 3. The summed E-state index contributed by atoms with van der Waals surface area (Å²) in [4.78, 5) is 1.35. The lowest BCUT2D eigenvalue weighted by Crippen LogP contribution is -2.34. The molecule has 0 radical (unpaired) electrons. The van der Waals surface area contributed by atoms with Gasteiger partial charge in [0.05, 0.1) is 16.5 Å². The molecule has 0 saturated carbocycles. The second kappa shape index (κ2) is 6.78. The minimum absolute atomic E-state index is 0.288. The number of hydrogen-bond donors (Lipinski definition) is 1. The summed E-state index contributed by atoms with van der Waals surface area (Å²) in [5.74, 6) is 1.06. The van der Waals surface area contributed by atoms with Gasteiger partial charge in [-0.2, -0.15) is 0 Å². The van der Waals surface area contributed by atoms with Crippen molar-refractivity contribution >= 4 is 22.9 Å². The zero-order chi connectivity index (χ0) is 14.9. The molecule has 1 aromatic rings. The van der Waals surface area contributed by atoms with Gasteiger partial charge in [-0.25, -0.2) is 0 Å². The Labute approximate surface area is 131 Å². The van der Waals surface area contributed by atoms with E-state index >= 15 is 0 Å². The summed E-state index contributed by atoms with van der Waals surface area (Å²) in [6, 6.07) is 2.59. The van der Waals surface area contributed by atoms with Crippen LogP contribution in [0.4, 0.5) is 0 Å². The molecule has 0 bridgehead atoms. The Kier molecular flexibility index (Phi) is 5.52. The number of thiophene rings is 1. The molecule has 1 fully saturated rings. The molecule has 1 N–H and O–H groups in total. The normalized spacial score (nSPS) is 31.7. The molecule has 2 nitrogen and oxygen atoms in total. The summed E-state index contributed by atoms with van der Waals surface area (Å²) in [6.45, 7) is 12.0. The van der Waals surface area contributed by atoms with Crippen molar-refractivity contribution in [1.82, 2.24) is 5.32 Å². The first kappa shape index (κ1) is 16.3. The fourth-order valence-electron chi connectivity index (χ4n) is 3.23. The Hall–Kier alpha value is -0.0900. The van der Waals surface area contributed by atoms with Crippen molar-refractivity contribution in [2.24, 2.45) is 11.8 Å². The van der Waals surface area contributed by atoms with Gasteiger partial charge in [0.2, 0.25) is 0 Å². The van der Waals surface area contributed by atoms with Crippen LogP contribution in [0.15, 0.2) is 6.07 Å². The summed E-state index contributed by atoms with van der Waals surface area (Å²) in [5, 5.41) is 3.72. The predicted octanol–water partition coefficient (Wildman–Crippen LogP) is 4.81. The van der Waals surface area contributed by atoms with E-state index in [2.05, 4.69) is 46.0 Å². The van der Waals surface area contributed by atoms with Crippen molar-refractivity contribution in [1.29, 1.82) is 0 Å². The molecule has 20 heavy (non-hydrogen) atoms. The lowest BCUT2D eigenvalue weighted by atomic mass is 9.82. The van der Waals surface area contributed by atoms with Gasteiger partial charge in [0.15, 0.2) is 0 Å². The summed E-state index contributed by atoms with van der Waals surface area (Å²) in [6.07, 6.45) is 1.76. The van der Waals surface area contributed by atoms with Crippen LogP contribution in [0.3, 0.4) is 0 Å². The molecule has 0 aliphatic carbocycles. The van der Waals surface area contributed by atoms with Crippen LogP contribution in [-0.2, 0) is 4.74 Å². The standard InChI is InChI=1S/C16H26ClNOS/c1-6-7-18-15(13-8-9(2)16(17)20-13)14-10(3)11(4)19-12(14)5/h8,10-12,14-15,18H,6-7H2,1-5H3. The van der Waals surface area contributed by atoms with Crippen LogP contribution < -0.4 is 5.32 Å². The van der Waals surface area contributed by atoms with Crippen LogP contribution in [0.2, 0.25) is 4.34 Å². The molecule has 1 aliphatic rings. The Balaban J connectivity index is 2.27. The number of rotatable bonds is 5. The van der Waals surface area contributed by atoms with Crippen LogP contribution in [0.5, 0.6) is 0 Å². The largest absolute Gasteiger partial charge is 0.375 e. The van der Waals surface area contributed by atoms with Crippen molar-refractivity contribution in [2.45, 2.75) is 59.3 Å². The van der Waals surface area contributed by atoms with Crippen molar-refractivity contribution in [2.75, 3.05) is 6.54 Å². The highest BCUT2D eigenvalue weighted by Gasteiger charge is 2.42. The van der Waals surface area contributed by atoms with E-state index in [1.165, 1.54) is 10.4 Å². The Morgan fingerprint density at radius 3 is 2.50 bits per heavy atom. The lowest BCUT2D eigenvalue weighted by Gasteiger charge is -2.29. The first-order chi connectivity index (χ1) is 9.45. The third kappa shape index (κ3) is 3.22. The van der Waals surface area contributed by atoms with Crippen LogP contribution >= 0.6 is 22.9 Å². The monoisotopic (exact) mass is 315 g/mol. The van der Waals surface area contributed by atoms with Crippen LogP contribution in [0, 0.1) is 18.8 Å². The second-order valence-electron chi connectivity index (χ2n) is 6.02. The summed E-state index contributed by atoms with van der Waals surface area (Å²) < 4.78 is 6.95. The highest BCUT2D eigenvalue weighted by atomic mass is 35.5. The minimum Gasteiger partial charge on any atom is -0.375 e. The molecular weight excluding hydrogens is 290 g/mol. The minimum atomic E-state index is 0.288. The molecule has 1 aliphatic heterocycles. The van der Waals surface area contributed by atoms with Crippen LogP contribution in [-0.4, -0.2) is 18.8 Å². The van der Waals surface area contributed by atoms with Gasteiger partial charge >= 0.3 is 0 Å². The van der Waals surface area contributed by atoms with Gasteiger partial charge in [-0.15, -0.1) is 11.3 Å². The van der Waals surface area contributed by atoms with E-state index in [0.29, 0.717) is 24.0 Å². The topological polar surface area (TPSA) is 21.3 Å². The Bertz CT molecular complexity index is 428. The van der Waals surface area contributed by atoms with Gasteiger partial charge in [-0.05, 0) is 51.3 Å². The molecule has 1 saturated heterocycles. The van der Waals surface area contributed by atoms with E-state index in [9.17, 15) is 0 Å². The predicted molar refractivity (Wildman–Crippen MR) is 87.8 cm³/mol. The molecule has 1 aromatic heterocycles. The second-order valence-corrected chi connectivity index (χ2v) is 7.71. The number of nitrogens with one attached hydrogen (secondary N) is 1. The van der Waals surface area contributed by atoms with E-state index < -0.39 is 0 Å². The third-order valence-electron chi connectivity index (χ3n) is 4.50. The van der Waals surface area contributed by atoms with Crippen LogP contribution in [0.25, 0.3) is 0 Å². The molecule has 5 unspecified atom stereocenters. The fraction of sp³-hybridized carbons (Fsp3) is 0.750. The van der Waals surface area contributed by atoms with Gasteiger partial charge in [0.1, 0.15) is 0 Å². The highest BCUT2D eigenvalue weighted by molar-refractivity contribution is 7.16. The van der Waals surface area contributed by atoms with E-state index in [1.807, 2.05) is 0 Å². The molecule has 0 amide bonds. The third-order valence-corrected chi connectivity index (χ3v) is 6.14. The smallest absolute Gasteiger partial charge is 0.0960 e. The molecular formula is C16H26ClNOS. The molecule has 5 atom stereocenters. The summed E-state index contributed by atoms with van der Waals surface area (Å²) in [7, 11) is 0. The van der Waals surface area contributed by atoms with E-state index in [4.69, 9.17) is 16.3 Å². The van der Waals surface area contributed by atoms with Gasteiger partial charge in [0.25, 0.3) is 0 Å². The van der Waals surface area contributed by atoms with E-state index in [-0.39, 0.29) is 6.10 Å². The number of halogens is 1. The zero-order valence-corrected chi connectivity index (χ0v) is 14.6. The first-order valence-corrected chi connectivity index (χ1v) is 8.79. The molecule has 4 heteroatoms. The quantitative estimate of drug-likeness (QED) is 0.842. The molecule has 0 aromatic carbocycles. The fourth-order valence-corrected chi connectivity index (χ4v) is 4.58. The van der Waals surface area contributed by atoms with Crippen molar-refractivity contribution in [3.63, 3.8) is 0 Å². The van der Waals surface area contributed by atoms with E-state index in [1.54, 1.807) is 11.3 Å². The summed E-state index contributed by atoms with van der Waals surface area (Å²) >= 11 is 7.99. The zero-order valence-electron chi connectivity index (χ0n) is 13.1. The van der Waals surface area contributed by atoms with Crippen LogP contribution in [0.1, 0.15) is 50.6 Å². The number of aryl methyl sites for hydroxylation is 1. The Morgan fingerprint density at radius 2 is 2.05 bits per heavy atom. The van der Waals surface area contributed by atoms with Gasteiger partial charge in [-0.1, -0.05) is 25.4 Å². The maximum Gasteiger partial charge on any atom is 0.0960 e. The molecule has 2 heterocycles. The van der Waals surface area contributed by atoms with Gasteiger partial charge < -0.3 is 10.1 Å². The highest BCUT2D eigenvalue weighted by Crippen LogP contribution is 2.43. The van der Waals surface area contributed by atoms with Crippen molar-refractivity contribution in [3.05, 3.63) is 20.8 Å². The van der Waals surface area contributed by atoms with Gasteiger partial charge in [-0.3, -0.25) is 0 Å². The summed E-state index contributed by atoms with van der Waals surface area (Å²) in [5.41, 5.74) is 1.18. The molecule has 2 rings (SSSR count). The average Bonchev–Trinajstić information content (AvgIpc) is 2.84. The van der Waals surface area contributed by atoms with E-state index in [0.717, 1.165) is 17.3 Å². The maximum absolute atomic E-state index is 6.28. The lowest BCUT2D eigenvalue weighted by molar-refractivity contribution is 0.0476. The molecule has 114 valence electrons. The maximum atomic E-state index is 6.28. The van der Waals surface area contributed by atoms with Crippen molar-refractivity contribution in [3.8, 4) is 0 Å². The van der Waals surface area contributed by atoms with Gasteiger partial charge in [0, 0.05) is 16.8 Å². The SMILES string of the molecule is CCCNC(c1cc(C)c(Cl)s1)C1C(C)OC(C)C1C. The Morgan fingerprint density at radius 1 is 1.35 bits per heavy atom. The number of ether oxygens (including phenoxy) is 1. The average molecular weight is 316 g/mol.